The van der Waals surface area contributed by atoms with Crippen LogP contribution in [0.5, 0.6) is 0 Å². The summed E-state index contributed by atoms with van der Waals surface area (Å²) in [6.45, 7) is 0. The standard InChI is InChI=1S/C12H11/c1-3-7-11(8-4-1)12-9-5-2-6-10-12/h1-8,12H,9H2/t12-/m0/s1. The van der Waals surface area contributed by atoms with E-state index < -0.39 is 0 Å². The minimum absolute atomic E-state index is 0.469. The van der Waals surface area contributed by atoms with Crippen molar-refractivity contribution in [1.82, 2.24) is 0 Å². The minimum Gasteiger partial charge on any atom is -0.0836 e. The third-order valence-electron chi connectivity index (χ3n) is 2.10. The fraction of sp³-hybridized carbons (Fsp3) is 0.167. The average Bonchev–Trinajstić information content (AvgIpc) is 2.21. The normalized spacial score (nSPS) is 21.2. The smallest absolute Gasteiger partial charge is 0.0127 e. The van der Waals surface area contributed by atoms with Crippen LogP contribution in [0.1, 0.15) is 17.9 Å². The summed E-state index contributed by atoms with van der Waals surface area (Å²) in [7, 11) is 0. The lowest BCUT2D eigenvalue weighted by Crippen LogP contribution is -1.95. The molecule has 1 aromatic rings. The molecule has 2 rings (SSSR count). The molecule has 0 saturated carbocycles. The van der Waals surface area contributed by atoms with Gasteiger partial charge in [-0.1, -0.05) is 48.6 Å². The summed E-state index contributed by atoms with van der Waals surface area (Å²) in [6, 6.07) is 10.5. The second-order valence-corrected chi connectivity index (χ2v) is 2.96. The van der Waals surface area contributed by atoms with Gasteiger partial charge in [-0.15, -0.1) is 0 Å². The molecule has 0 bridgehead atoms. The molecule has 0 N–H and O–H groups in total. The Morgan fingerprint density at radius 1 is 1.17 bits per heavy atom. The van der Waals surface area contributed by atoms with Crippen molar-refractivity contribution in [3.8, 4) is 0 Å². The van der Waals surface area contributed by atoms with Crippen LogP contribution in [0.15, 0.2) is 48.6 Å². The third kappa shape index (κ3) is 1.48. The van der Waals surface area contributed by atoms with Gasteiger partial charge in [-0.2, -0.15) is 0 Å². The van der Waals surface area contributed by atoms with Gasteiger partial charge in [-0.05, 0) is 18.1 Å². The van der Waals surface area contributed by atoms with E-state index in [9.17, 15) is 0 Å². The van der Waals surface area contributed by atoms with Gasteiger partial charge in [0.15, 0.2) is 0 Å². The van der Waals surface area contributed by atoms with E-state index in [1.807, 2.05) is 12.1 Å². The molecule has 1 aliphatic carbocycles. The second kappa shape index (κ2) is 3.40. The zero-order valence-electron chi connectivity index (χ0n) is 6.90. The Kier molecular flexibility index (Phi) is 2.08. The number of allylic oxidation sites excluding steroid dienone is 4. The first-order valence-electron chi connectivity index (χ1n) is 4.26. The van der Waals surface area contributed by atoms with Gasteiger partial charge in [0.05, 0.1) is 0 Å². The number of benzene rings is 1. The Balaban J connectivity index is 2.21. The maximum absolute atomic E-state index is 3.32. The Morgan fingerprint density at radius 3 is 2.67 bits per heavy atom. The summed E-state index contributed by atoms with van der Waals surface area (Å²) >= 11 is 0. The molecule has 59 valence electrons. The van der Waals surface area contributed by atoms with Crippen molar-refractivity contribution in [3.05, 3.63) is 60.2 Å². The van der Waals surface area contributed by atoms with Crippen LogP contribution in [0, 0.1) is 6.08 Å². The van der Waals surface area contributed by atoms with Crippen molar-refractivity contribution in [2.24, 2.45) is 0 Å². The van der Waals surface area contributed by atoms with Gasteiger partial charge in [-0.25, -0.2) is 0 Å². The molecule has 0 heterocycles. The zero-order chi connectivity index (χ0) is 8.23. The molecule has 0 unspecified atom stereocenters. The van der Waals surface area contributed by atoms with Gasteiger partial charge >= 0.3 is 0 Å². The molecule has 0 aromatic heterocycles. The van der Waals surface area contributed by atoms with Gasteiger partial charge in [0.25, 0.3) is 0 Å². The molecule has 0 fully saturated rings. The summed E-state index contributed by atoms with van der Waals surface area (Å²) in [5, 5.41) is 0. The molecule has 1 aliphatic rings. The third-order valence-corrected chi connectivity index (χ3v) is 2.10. The zero-order valence-corrected chi connectivity index (χ0v) is 6.90. The van der Waals surface area contributed by atoms with Gasteiger partial charge in [0.2, 0.25) is 0 Å². The van der Waals surface area contributed by atoms with Crippen LogP contribution in [-0.4, -0.2) is 0 Å². The molecule has 0 nitrogen and oxygen atoms in total. The van der Waals surface area contributed by atoms with Crippen molar-refractivity contribution in [3.63, 3.8) is 0 Å². The molecule has 0 amide bonds. The van der Waals surface area contributed by atoms with Gasteiger partial charge in [0, 0.05) is 5.92 Å². The number of hydrogen-bond acceptors (Lipinski definition) is 0. The first kappa shape index (κ1) is 7.35. The summed E-state index contributed by atoms with van der Waals surface area (Å²) in [6.07, 6.45) is 10.7. The monoisotopic (exact) mass is 155 g/mol. The summed E-state index contributed by atoms with van der Waals surface area (Å²) < 4.78 is 0. The first-order valence-corrected chi connectivity index (χ1v) is 4.26. The Hall–Kier alpha value is -1.30. The molecule has 0 saturated heterocycles. The molecule has 12 heavy (non-hydrogen) atoms. The Labute approximate surface area is 73.2 Å². The van der Waals surface area contributed by atoms with Crippen LogP contribution in [-0.2, 0) is 0 Å². The van der Waals surface area contributed by atoms with Crippen LogP contribution in [0.3, 0.4) is 0 Å². The van der Waals surface area contributed by atoms with Crippen molar-refractivity contribution in [1.29, 1.82) is 0 Å². The highest BCUT2D eigenvalue weighted by Gasteiger charge is 2.06. The highest BCUT2D eigenvalue weighted by atomic mass is 14.1. The molecular weight excluding hydrogens is 144 g/mol. The summed E-state index contributed by atoms with van der Waals surface area (Å²) in [5.41, 5.74) is 1.36. The molecule has 1 radical (unpaired) electrons. The van der Waals surface area contributed by atoms with Crippen molar-refractivity contribution in [2.75, 3.05) is 0 Å². The van der Waals surface area contributed by atoms with Gasteiger partial charge in [0.1, 0.15) is 0 Å². The maximum atomic E-state index is 3.32. The second-order valence-electron chi connectivity index (χ2n) is 2.96. The lowest BCUT2D eigenvalue weighted by Gasteiger charge is -2.11. The molecule has 1 aromatic carbocycles. The van der Waals surface area contributed by atoms with Crippen LogP contribution in [0.25, 0.3) is 0 Å². The van der Waals surface area contributed by atoms with E-state index in [-0.39, 0.29) is 0 Å². The Morgan fingerprint density at radius 2 is 2.00 bits per heavy atom. The largest absolute Gasteiger partial charge is 0.0836 e. The summed E-state index contributed by atoms with van der Waals surface area (Å²) in [5.74, 6) is 0.469. The molecule has 0 heteroatoms. The van der Waals surface area contributed by atoms with Gasteiger partial charge < -0.3 is 0 Å². The topological polar surface area (TPSA) is 0 Å². The van der Waals surface area contributed by atoms with E-state index >= 15 is 0 Å². The van der Waals surface area contributed by atoms with Crippen molar-refractivity contribution >= 4 is 0 Å². The number of rotatable bonds is 1. The summed E-state index contributed by atoms with van der Waals surface area (Å²) in [4.78, 5) is 0. The van der Waals surface area contributed by atoms with Crippen LogP contribution < -0.4 is 0 Å². The lowest BCUT2D eigenvalue weighted by molar-refractivity contribution is 0.831. The van der Waals surface area contributed by atoms with E-state index in [1.165, 1.54) is 5.56 Å². The van der Waals surface area contributed by atoms with E-state index in [0.29, 0.717) is 5.92 Å². The predicted molar refractivity (Wildman–Crippen MR) is 50.8 cm³/mol. The molecular formula is C12H11. The van der Waals surface area contributed by atoms with E-state index in [0.717, 1.165) is 6.42 Å². The predicted octanol–water partition coefficient (Wildman–Crippen LogP) is 3.09. The van der Waals surface area contributed by atoms with Crippen LogP contribution in [0.4, 0.5) is 0 Å². The van der Waals surface area contributed by atoms with E-state index in [4.69, 9.17) is 0 Å². The Bertz CT molecular complexity index is 293. The highest BCUT2D eigenvalue weighted by molar-refractivity contribution is 5.25. The first-order chi connectivity index (χ1) is 5.97. The SMILES string of the molecule is [C]1=CC=CC[C@@H]1c1ccccc1. The van der Waals surface area contributed by atoms with E-state index in [2.05, 4.69) is 42.5 Å². The molecule has 1 atom stereocenters. The lowest BCUT2D eigenvalue weighted by atomic mass is 9.93. The average molecular weight is 155 g/mol. The van der Waals surface area contributed by atoms with Crippen molar-refractivity contribution < 1.29 is 0 Å². The fourth-order valence-electron chi connectivity index (χ4n) is 1.44. The van der Waals surface area contributed by atoms with Crippen LogP contribution in [0.2, 0.25) is 0 Å². The van der Waals surface area contributed by atoms with Gasteiger partial charge in [-0.3, -0.25) is 0 Å². The minimum atomic E-state index is 0.469. The highest BCUT2D eigenvalue weighted by Crippen LogP contribution is 2.22. The number of hydrogen-bond donors (Lipinski definition) is 0. The molecule has 0 aliphatic heterocycles. The fourth-order valence-corrected chi connectivity index (χ4v) is 1.44. The molecule has 0 spiro atoms. The quantitative estimate of drug-likeness (QED) is 0.584. The van der Waals surface area contributed by atoms with Crippen molar-refractivity contribution in [2.45, 2.75) is 12.3 Å². The maximum Gasteiger partial charge on any atom is 0.0127 e. The van der Waals surface area contributed by atoms with Crippen LogP contribution >= 0.6 is 0 Å². The van der Waals surface area contributed by atoms with E-state index in [1.54, 1.807) is 0 Å².